The van der Waals surface area contributed by atoms with Gasteiger partial charge in [-0.15, -0.1) is 12.6 Å². The first-order chi connectivity index (χ1) is 7.07. The second-order valence-corrected chi connectivity index (χ2v) is 4.55. The predicted octanol–water partition coefficient (Wildman–Crippen LogP) is 3.07. The van der Waals surface area contributed by atoms with Crippen molar-refractivity contribution in [2.24, 2.45) is 0 Å². The summed E-state index contributed by atoms with van der Waals surface area (Å²) in [6.45, 7) is 1.51. The van der Waals surface area contributed by atoms with E-state index < -0.39 is 0 Å². The molecular weight excluding hydrogens is 274 g/mol. The van der Waals surface area contributed by atoms with Crippen molar-refractivity contribution in [2.45, 2.75) is 23.1 Å². The summed E-state index contributed by atoms with van der Waals surface area (Å²) >= 11 is 7.59. The fraction of sp³-hybridized carbons (Fsp3) is 0.273. The summed E-state index contributed by atoms with van der Waals surface area (Å²) in [5.41, 5.74) is 1.65. The van der Waals surface area contributed by atoms with Gasteiger partial charge in [-0.25, -0.2) is 0 Å². The van der Waals surface area contributed by atoms with E-state index in [2.05, 4.69) is 34.6 Å². The van der Waals surface area contributed by atoms with E-state index in [0.717, 1.165) is 16.0 Å². The van der Waals surface area contributed by atoms with E-state index in [1.807, 2.05) is 18.2 Å². The zero-order valence-electron chi connectivity index (χ0n) is 8.20. The number of ketones is 1. The topological polar surface area (TPSA) is 40.9 Å². The van der Waals surface area contributed by atoms with Crippen LogP contribution in [0.1, 0.15) is 22.9 Å². The van der Waals surface area contributed by atoms with E-state index >= 15 is 0 Å². The van der Waals surface area contributed by atoms with Gasteiger partial charge in [0.05, 0.1) is 17.3 Å². The molecule has 0 spiro atoms. The van der Waals surface area contributed by atoms with Gasteiger partial charge in [0.1, 0.15) is 5.78 Å². The number of nitriles is 1. The number of thiol groups is 1. The molecule has 0 fully saturated rings. The van der Waals surface area contributed by atoms with Crippen LogP contribution in [0.4, 0.5) is 0 Å². The fourth-order valence-electron chi connectivity index (χ4n) is 1.32. The number of carbonyl (C=O) groups is 1. The Hall–Kier alpha value is -0.790. The molecule has 1 rings (SSSR count). The first-order valence-corrected chi connectivity index (χ1v) is 5.76. The van der Waals surface area contributed by atoms with Crippen LogP contribution in [-0.4, -0.2) is 5.78 Å². The Kier molecular flexibility index (Phi) is 4.37. The van der Waals surface area contributed by atoms with E-state index in [9.17, 15) is 4.79 Å². The lowest BCUT2D eigenvalue weighted by atomic mass is 10.0. The molecule has 1 aromatic rings. The van der Waals surface area contributed by atoms with Gasteiger partial charge in [-0.2, -0.15) is 5.26 Å². The molecule has 0 amide bonds. The molecule has 0 saturated heterocycles. The van der Waals surface area contributed by atoms with Gasteiger partial charge in [0.15, 0.2) is 0 Å². The SMILES string of the molecule is CC(=O)C(Br)c1cccc(S)c1CC#N. The van der Waals surface area contributed by atoms with Gasteiger partial charge < -0.3 is 0 Å². The Balaban J connectivity index is 3.23. The van der Waals surface area contributed by atoms with Gasteiger partial charge in [0, 0.05) is 4.90 Å². The number of carbonyl (C=O) groups excluding carboxylic acids is 1. The summed E-state index contributed by atoms with van der Waals surface area (Å²) in [5, 5.41) is 8.70. The monoisotopic (exact) mass is 283 g/mol. The largest absolute Gasteiger partial charge is 0.298 e. The van der Waals surface area contributed by atoms with Gasteiger partial charge >= 0.3 is 0 Å². The molecule has 0 aliphatic heterocycles. The van der Waals surface area contributed by atoms with Crippen molar-refractivity contribution in [1.82, 2.24) is 0 Å². The van der Waals surface area contributed by atoms with Crippen molar-refractivity contribution in [3.8, 4) is 6.07 Å². The fourth-order valence-corrected chi connectivity index (χ4v) is 2.04. The van der Waals surface area contributed by atoms with Gasteiger partial charge in [-0.1, -0.05) is 28.1 Å². The lowest BCUT2D eigenvalue weighted by Gasteiger charge is -2.12. The maximum atomic E-state index is 11.3. The first kappa shape index (κ1) is 12.3. The van der Waals surface area contributed by atoms with Crippen molar-refractivity contribution in [3.05, 3.63) is 29.3 Å². The van der Waals surface area contributed by atoms with Crippen LogP contribution in [0.5, 0.6) is 0 Å². The summed E-state index contributed by atoms with van der Waals surface area (Å²) in [4.78, 5) is 11.7. The molecule has 78 valence electrons. The van der Waals surface area contributed by atoms with Crippen molar-refractivity contribution < 1.29 is 4.79 Å². The van der Waals surface area contributed by atoms with Crippen LogP contribution < -0.4 is 0 Å². The zero-order valence-corrected chi connectivity index (χ0v) is 10.7. The molecule has 0 saturated carbocycles. The van der Waals surface area contributed by atoms with E-state index in [1.54, 1.807) is 0 Å². The number of Topliss-reactive ketones (excluding diaryl/α,β-unsaturated/α-hetero) is 1. The molecule has 4 heteroatoms. The second-order valence-electron chi connectivity index (χ2n) is 3.15. The van der Waals surface area contributed by atoms with E-state index in [4.69, 9.17) is 5.26 Å². The summed E-state index contributed by atoms with van der Waals surface area (Å²) in [5.74, 6) is 0.0214. The molecule has 0 heterocycles. The van der Waals surface area contributed by atoms with Crippen molar-refractivity contribution in [3.63, 3.8) is 0 Å². The minimum atomic E-state index is -0.354. The Bertz CT molecular complexity index is 425. The van der Waals surface area contributed by atoms with Crippen LogP contribution in [0, 0.1) is 11.3 Å². The molecule has 15 heavy (non-hydrogen) atoms. The number of rotatable bonds is 3. The lowest BCUT2D eigenvalue weighted by Crippen LogP contribution is -2.05. The van der Waals surface area contributed by atoms with Crippen LogP contribution in [0.2, 0.25) is 0 Å². The van der Waals surface area contributed by atoms with Gasteiger partial charge in [0.25, 0.3) is 0 Å². The molecule has 0 aliphatic rings. The number of halogens is 1. The molecule has 2 nitrogen and oxygen atoms in total. The third-order valence-electron chi connectivity index (χ3n) is 2.07. The van der Waals surface area contributed by atoms with E-state index in [-0.39, 0.29) is 17.0 Å². The molecule has 1 aromatic carbocycles. The molecule has 0 aliphatic carbocycles. The maximum absolute atomic E-state index is 11.3. The smallest absolute Gasteiger partial charge is 0.147 e. The molecule has 0 aromatic heterocycles. The highest BCUT2D eigenvalue weighted by molar-refractivity contribution is 9.09. The molecule has 0 N–H and O–H groups in total. The average molecular weight is 284 g/mol. The highest BCUT2D eigenvalue weighted by atomic mass is 79.9. The predicted molar refractivity (Wildman–Crippen MR) is 65.4 cm³/mol. The van der Waals surface area contributed by atoms with Crippen molar-refractivity contribution in [2.75, 3.05) is 0 Å². The second kappa shape index (κ2) is 5.34. The van der Waals surface area contributed by atoms with Crippen molar-refractivity contribution in [1.29, 1.82) is 5.26 Å². The third kappa shape index (κ3) is 2.83. The van der Waals surface area contributed by atoms with Crippen LogP contribution in [0.15, 0.2) is 23.1 Å². The number of alkyl halides is 1. The molecule has 1 atom stereocenters. The summed E-state index contributed by atoms with van der Waals surface area (Å²) < 4.78 is 0. The van der Waals surface area contributed by atoms with Gasteiger partial charge in [-0.3, -0.25) is 4.79 Å². The Labute approximate surface area is 103 Å². The number of hydrogen-bond donors (Lipinski definition) is 1. The number of benzene rings is 1. The third-order valence-corrected chi connectivity index (χ3v) is 3.63. The standard InChI is InChI=1S/C11H10BrNOS/c1-7(14)11(12)9-3-2-4-10(15)8(9)5-6-13/h2-4,11,15H,5H2,1H3. The van der Waals surface area contributed by atoms with Crippen LogP contribution in [-0.2, 0) is 11.2 Å². The maximum Gasteiger partial charge on any atom is 0.147 e. The van der Waals surface area contributed by atoms with Crippen molar-refractivity contribution >= 4 is 34.3 Å². The Morgan fingerprint density at radius 3 is 2.87 bits per heavy atom. The molecular formula is C11H10BrNOS. The quantitative estimate of drug-likeness (QED) is 0.684. The lowest BCUT2D eigenvalue weighted by molar-refractivity contribution is -0.116. The Morgan fingerprint density at radius 2 is 2.33 bits per heavy atom. The summed E-state index contributed by atoms with van der Waals surface area (Å²) in [6, 6.07) is 7.57. The van der Waals surface area contributed by atoms with Gasteiger partial charge in [0.2, 0.25) is 0 Å². The zero-order chi connectivity index (χ0) is 11.4. The van der Waals surface area contributed by atoms with Gasteiger partial charge in [-0.05, 0) is 24.1 Å². The molecule has 1 unspecified atom stereocenters. The molecule has 0 radical (unpaired) electrons. The minimum absolute atomic E-state index is 0.0214. The molecule has 0 bridgehead atoms. The normalized spacial score (nSPS) is 11.9. The minimum Gasteiger partial charge on any atom is -0.298 e. The summed E-state index contributed by atoms with van der Waals surface area (Å²) in [7, 11) is 0. The van der Waals surface area contributed by atoms with E-state index in [1.165, 1.54) is 6.92 Å². The van der Waals surface area contributed by atoms with E-state index in [0.29, 0.717) is 0 Å². The first-order valence-electron chi connectivity index (χ1n) is 4.40. The highest BCUT2D eigenvalue weighted by Crippen LogP contribution is 2.30. The van der Waals surface area contributed by atoms with Crippen LogP contribution >= 0.6 is 28.6 Å². The number of nitrogens with zero attached hydrogens (tertiary/aromatic N) is 1. The highest BCUT2D eigenvalue weighted by Gasteiger charge is 2.17. The number of hydrogen-bond acceptors (Lipinski definition) is 3. The summed E-state index contributed by atoms with van der Waals surface area (Å²) in [6.07, 6.45) is 0.268. The average Bonchev–Trinajstić information content (AvgIpc) is 2.20. The van der Waals surface area contributed by atoms with Crippen LogP contribution in [0.25, 0.3) is 0 Å². The van der Waals surface area contributed by atoms with Crippen LogP contribution in [0.3, 0.4) is 0 Å². The Morgan fingerprint density at radius 1 is 1.67 bits per heavy atom.